The highest BCUT2D eigenvalue weighted by Gasteiger charge is 2.21. The first kappa shape index (κ1) is 17.7. The van der Waals surface area contributed by atoms with Crippen molar-refractivity contribution in [2.24, 2.45) is 0 Å². The molecule has 0 aliphatic carbocycles. The van der Waals surface area contributed by atoms with Crippen LogP contribution in [0.1, 0.15) is 36.9 Å². The number of hydrogen-bond acceptors (Lipinski definition) is 2. The first-order valence-electron chi connectivity index (χ1n) is 8.47. The quantitative estimate of drug-likeness (QED) is 0.824. The van der Waals surface area contributed by atoms with E-state index in [1.54, 1.807) is 4.90 Å². The molecule has 0 bridgehead atoms. The van der Waals surface area contributed by atoms with Crippen molar-refractivity contribution < 1.29 is 9.59 Å². The van der Waals surface area contributed by atoms with Gasteiger partial charge < -0.3 is 10.2 Å². The fourth-order valence-electron chi connectivity index (χ4n) is 3.03. The smallest absolute Gasteiger partial charge is 0.227 e. The minimum Gasteiger partial charge on any atom is -0.349 e. The molecule has 0 aromatic heterocycles. The van der Waals surface area contributed by atoms with Crippen molar-refractivity contribution in [1.29, 1.82) is 0 Å². The number of nitrogens with one attached hydrogen (secondary N) is 1. The maximum atomic E-state index is 12.3. The van der Waals surface area contributed by atoms with E-state index in [1.807, 2.05) is 55.5 Å². The van der Waals surface area contributed by atoms with Crippen LogP contribution in [0.4, 0.5) is 5.69 Å². The predicted molar refractivity (Wildman–Crippen MR) is 102 cm³/mol. The Morgan fingerprint density at radius 1 is 1.16 bits per heavy atom. The van der Waals surface area contributed by atoms with Crippen LogP contribution in [0.25, 0.3) is 0 Å². The van der Waals surface area contributed by atoms with Crippen molar-refractivity contribution >= 4 is 33.4 Å². The van der Waals surface area contributed by atoms with Gasteiger partial charge in [-0.2, -0.15) is 0 Å². The lowest BCUT2D eigenvalue weighted by Crippen LogP contribution is -2.28. The Balaban J connectivity index is 1.57. The largest absolute Gasteiger partial charge is 0.349 e. The third-order valence-corrected chi connectivity index (χ3v) is 4.96. The molecular formula is C20H21BrN2O2. The number of carbonyl (C=O) groups is 2. The second-order valence-electron chi connectivity index (χ2n) is 6.33. The fraction of sp³-hybridized carbons (Fsp3) is 0.300. The highest BCUT2D eigenvalue weighted by atomic mass is 79.9. The third kappa shape index (κ3) is 4.48. The summed E-state index contributed by atoms with van der Waals surface area (Å²) in [4.78, 5) is 25.8. The van der Waals surface area contributed by atoms with Gasteiger partial charge in [-0.15, -0.1) is 0 Å². The molecule has 1 aliphatic heterocycles. The highest BCUT2D eigenvalue weighted by molar-refractivity contribution is 9.10. The van der Waals surface area contributed by atoms with Crippen LogP contribution in [-0.4, -0.2) is 18.4 Å². The van der Waals surface area contributed by atoms with Gasteiger partial charge >= 0.3 is 0 Å². The van der Waals surface area contributed by atoms with E-state index in [2.05, 4.69) is 21.2 Å². The van der Waals surface area contributed by atoms with Crippen molar-refractivity contribution in [1.82, 2.24) is 5.32 Å². The minimum atomic E-state index is -0.0397. The molecular weight excluding hydrogens is 380 g/mol. The molecule has 130 valence electrons. The van der Waals surface area contributed by atoms with E-state index in [9.17, 15) is 9.59 Å². The predicted octanol–water partition coefficient (Wildman–Crippen LogP) is 4.00. The van der Waals surface area contributed by atoms with Crippen LogP contribution in [0.3, 0.4) is 0 Å². The average molecular weight is 401 g/mol. The molecule has 1 aliphatic rings. The molecule has 2 aromatic rings. The van der Waals surface area contributed by atoms with Crippen molar-refractivity contribution in [2.75, 3.05) is 11.4 Å². The van der Waals surface area contributed by atoms with Gasteiger partial charge in [0.1, 0.15) is 0 Å². The summed E-state index contributed by atoms with van der Waals surface area (Å²) < 4.78 is 1.02. The second kappa shape index (κ2) is 7.83. The van der Waals surface area contributed by atoms with E-state index < -0.39 is 0 Å². The highest BCUT2D eigenvalue weighted by Crippen LogP contribution is 2.22. The minimum absolute atomic E-state index is 0.0135. The van der Waals surface area contributed by atoms with E-state index >= 15 is 0 Å². The summed E-state index contributed by atoms with van der Waals surface area (Å²) in [5, 5.41) is 3.02. The summed E-state index contributed by atoms with van der Waals surface area (Å²) in [5.74, 6) is 0.161. The standard InChI is InChI=1S/C20H21BrN2O2/c1-14(16-6-8-17(21)9-7-16)22-19(24)13-15-4-10-18(11-5-15)23-12-2-3-20(23)25/h4-11,14H,2-3,12-13H2,1H3,(H,22,24)/t14-/m0/s1. The Kier molecular flexibility index (Phi) is 5.53. The third-order valence-electron chi connectivity index (χ3n) is 4.43. The molecule has 0 spiro atoms. The first-order valence-corrected chi connectivity index (χ1v) is 9.26. The van der Waals surface area contributed by atoms with E-state index in [4.69, 9.17) is 0 Å². The van der Waals surface area contributed by atoms with Crippen molar-refractivity contribution in [2.45, 2.75) is 32.2 Å². The Bertz CT molecular complexity index is 756. The van der Waals surface area contributed by atoms with Gasteiger partial charge in [-0.25, -0.2) is 0 Å². The maximum absolute atomic E-state index is 12.3. The van der Waals surface area contributed by atoms with E-state index in [1.165, 1.54) is 0 Å². The summed E-state index contributed by atoms with van der Waals surface area (Å²) in [6, 6.07) is 15.6. The summed E-state index contributed by atoms with van der Waals surface area (Å²) >= 11 is 3.41. The zero-order valence-corrected chi connectivity index (χ0v) is 15.8. The normalized spacial score (nSPS) is 15.3. The maximum Gasteiger partial charge on any atom is 0.227 e. The number of anilines is 1. The molecule has 25 heavy (non-hydrogen) atoms. The summed E-state index contributed by atoms with van der Waals surface area (Å²) in [6.45, 7) is 2.76. The SMILES string of the molecule is C[C@H](NC(=O)Cc1ccc(N2CCCC2=O)cc1)c1ccc(Br)cc1. The Labute approximate surface area is 156 Å². The molecule has 0 radical (unpaired) electrons. The van der Waals surface area contributed by atoms with Gasteiger partial charge in [-0.1, -0.05) is 40.2 Å². The Hall–Kier alpha value is -2.14. The number of rotatable bonds is 5. The van der Waals surface area contributed by atoms with Gasteiger partial charge in [-0.3, -0.25) is 9.59 Å². The van der Waals surface area contributed by atoms with Gasteiger partial charge in [0, 0.05) is 23.1 Å². The number of benzene rings is 2. The van der Waals surface area contributed by atoms with Gasteiger partial charge in [0.05, 0.1) is 12.5 Å². The van der Waals surface area contributed by atoms with Gasteiger partial charge in [0.15, 0.2) is 0 Å². The molecule has 2 amide bonds. The summed E-state index contributed by atoms with van der Waals surface area (Å²) in [5.41, 5.74) is 2.92. The zero-order chi connectivity index (χ0) is 17.8. The lowest BCUT2D eigenvalue weighted by molar-refractivity contribution is -0.121. The fourth-order valence-corrected chi connectivity index (χ4v) is 3.29. The van der Waals surface area contributed by atoms with E-state index in [0.717, 1.165) is 34.3 Å². The van der Waals surface area contributed by atoms with Crippen LogP contribution in [0, 0.1) is 0 Å². The van der Waals surface area contributed by atoms with Crippen molar-refractivity contribution in [3.05, 3.63) is 64.1 Å². The van der Waals surface area contributed by atoms with Crippen LogP contribution in [0.15, 0.2) is 53.0 Å². The number of halogens is 1. The Morgan fingerprint density at radius 2 is 1.84 bits per heavy atom. The molecule has 3 rings (SSSR count). The van der Waals surface area contributed by atoms with E-state index in [0.29, 0.717) is 12.8 Å². The van der Waals surface area contributed by atoms with Crippen LogP contribution < -0.4 is 10.2 Å². The molecule has 1 heterocycles. The summed E-state index contributed by atoms with van der Waals surface area (Å²) in [6.07, 6.45) is 1.87. The molecule has 0 saturated carbocycles. The number of nitrogens with zero attached hydrogens (tertiary/aromatic N) is 1. The number of hydrogen-bond donors (Lipinski definition) is 1. The first-order chi connectivity index (χ1) is 12.0. The molecule has 1 atom stereocenters. The molecule has 1 fully saturated rings. The molecule has 0 unspecified atom stereocenters. The summed E-state index contributed by atoms with van der Waals surface area (Å²) in [7, 11) is 0. The lowest BCUT2D eigenvalue weighted by atomic mass is 10.1. The van der Waals surface area contributed by atoms with Crippen LogP contribution in [0.5, 0.6) is 0 Å². The molecule has 2 aromatic carbocycles. The number of carbonyl (C=O) groups excluding carboxylic acids is 2. The van der Waals surface area contributed by atoms with Crippen LogP contribution >= 0.6 is 15.9 Å². The second-order valence-corrected chi connectivity index (χ2v) is 7.25. The lowest BCUT2D eigenvalue weighted by Gasteiger charge is -2.17. The van der Waals surface area contributed by atoms with Gasteiger partial charge in [-0.05, 0) is 48.7 Å². The molecule has 4 nitrogen and oxygen atoms in total. The number of amides is 2. The van der Waals surface area contributed by atoms with Crippen LogP contribution in [0.2, 0.25) is 0 Å². The van der Waals surface area contributed by atoms with Crippen molar-refractivity contribution in [3.63, 3.8) is 0 Å². The molecule has 1 N–H and O–H groups in total. The molecule has 1 saturated heterocycles. The molecule has 5 heteroatoms. The topological polar surface area (TPSA) is 49.4 Å². The van der Waals surface area contributed by atoms with Crippen LogP contribution in [-0.2, 0) is 16.0 Å². The zero-order valence-electron chi connectivity index (χ0n) is 14.2. The Morgan fingerprint density at radius 3 is 2.44 bits per heavy atom. The van der Waals surface area contributed by atoms with Gasteiger partial charge in [0.25, 0.3) is 0 Å². The van der Waals surface area contributed by atoms with Crippen molar-refractivity contribution in [3.8, 4) is 0 Å². The average Bonchev–Trinajstić information content (AvgIpc) is 3.02. The monoisotopic (exact) mass is 400 g/mol. The van der Waals surface area contributed by atoms with Gasteiger partial charge in [0.2, 0.25) is 11.8 Å². The van der Waals surface area contributed by atoms with E-state index in [-0.39, 0.29) is 17.9 Å².